The molecule has 2 atom stereocenters. The van der Waals surface area contributed by atoms with Gasteiger partial charge in [-0.3, -0.25) is 4.79 Å². The van der Waals surface area contributed by atoms with Crippen LogP contribution in [0.2, 0.25) is 0 Å². The van der Waals surface area contributed by atoms with E-state index < -0.39 is 18.2 Å². The highest BCUT2D eigenvalue weighted by Crippen LogP contribution is 2.10. The SMILES string of the molecule is CC(F)Cc1cccc(CC(N)C(=O)O)c1. The summed E-state index contributed by atoms with van der Waals surface area (Å²) in [7, 11) is 0. The van der Waals surface area contributed by atoms with E-state index in [1.54, 1.807) is 18.2 Å². The quantitative estimate of drug-likeness (QED) is 0.799. The first-order valence-electron chi connectivity index (χ1n) is 5.19. The van der Waals surface area contributed by atoms with Gasteiger partial charge in [0.05, 0.1) is 0 Å². The molecule has 0 saturated carbocycles. The van der Waals surface area contributed by atoms with Crippen molar-refractivity contribution >= 4 is 5.97 Å². The van der Waals surface area contributed by atoms with Crippen LogP contribution in [-0.2, 0) is 17.6 Å². The summed E-state index contributed by atoms with van der Waals surface area (Å²) in [5.41, 5.74) is 7.12. The number of hydrogen-bond acceptors (Lipinski definition) is 2. The van der Waals surface area contributed by atoms with E-state index in [0.717, 1.165) is 11.1 Å². The molecule has 3 nitrogen and oxygen atoms in total. The number of rotatable bonds is 5. The molecule has 3 N–H and O–H groups in total. The number of aliphatic carboxylic acids is 1. The average Bonchev–Trinajstić information content (AvgIpc) is 2.16. The van der Waals surface area contributed by atoms with Crippen molar-refractivity contribution in [3.63, 3.8) is 0 Å². The van der Waals surface area contributed by atoms with E-state index in [2.05, 4.69) is 0 Å². The van der Waals surface area contributed by atoms with Crippen LogP contribution in [0.3, 0.4) is 0 Å². The number of carboxylic acid groups (broad SMARTS) is 1. The summed E-state index contributed by atoms with van der Waals surface area (Å²) in [6, 6.07) is 6.32. The fraction of sp³-hybridized carbons (Fsp3) is 0.417. The summed E-state index contributed by atoms with van der Waals surface area (Å²) in [6.07, 6.45) is -0.289. The molecule has 0 fully saturated rings. The fourth-order valence-corrected chi connectivity index (χ4v) is 1.55. The van der Waals surface area contributed by atoms with Gasteiger partial charge >= 0.3 is 5.97 Å². The maximum atomic E-state index is 12.8. The van der Waals surface area contributed by atoms with Crippen LogP contribution >= 0.6 is 0 Å². The number of carbonyl (C=O) groups is 1. The fourth-order valence-electron chi connectivity index (χ4n) is 1.55. The van der Waals surface area contributed by atoms with Crippen molar-refractivity contribution in [3.05, 3.63) is 35.4 Å². The highest BCUT2D eigenvalue weighted by molar-refractivity contribution is 5.73. The number of nitrogens with two attached hydrogens (primary N) is 1. The van der Waals surface area contributed by atoms with Gasteiger partial charge in [-0.2, -0.15) is 0 Å². The Bertz CT molecular complexity index is 366. The Balaban J connectivity index is 2.70. The molecule has 88 valence electrons. The number of hydrogen-bond donors (Lipinski definition) is 2. The van der Waals surface area contributed by atoms with Crippen molar-refractivity contribution in [2.75, 3.05) is 0 Å². The highest BCUT2D eigenvalue weighted by atomic mass is 19.1. The second-order valence-corrected chi connectivity index (χ2v) is 3.95. The molecular formula is C12H16FNO2. The molecule has 0 bridgehead atoms. The van der Waals surface area contributed by atoms with E-state index in [9.17, 15) is 9.18 Å². The molecule has 16 heavy (non-hydrogen) atoms. The molecule has 0 aromatic heterocycles. The maximum absolute atomic E-state index is 12.8. The lowest BCUT2D eigenvalue weighted by atomic mass is 10.0. The molecule has 0 aliphatic carbocycles. The van der Waals surface area contributed by atoms with E-state index >= 15 is 0 Å². The normalized spacial score (nSPS) is 14.4. The molecule has 1 rings (SSSR count). The van der Waals surface area contributed by atoms with Crippen molar-refractivity contribution < 1.29 is 14.3 Å². The summed E-state index contributed by atoms with van der Waals surface area (Å²) in [5.74, 6) is -1.02. The topological polar surface area (TPSA) is 63.3 Å². The molecule has 0 spiro atoms. The molecular weight excluding hydrogens is 209 g/mol. The summed E-state index contributed by atoms with van der Waals surface area (Å²) < 4.78 is 12.8. The Hall–Kier alpha value is -1.42. The summed E-state index contributed by atoms with van der Waals surface area (Å²) in [4.78, 5) is 10.6. The van der Waals surface area contributed by atoms with Crippen LogP contribution in [0.15, 0.2) is 24.3 Å². The first kappa shape index (κ1) is 12.6. The highest BCUT2D eigenvalue weighted by Gasteiger charge is 2.12. The maximum Gasteiger partial charge on any atom is 0.320 e. The number of carboxylic acids is 1. The Morgan fingerprint density at radius 3 is 2.50 bits per heavy atom. The van der Waals surface area contributed by atoms with Crippen molar-refractivity contribution in [2.24, 2.45) is 5.73 Å². The third-order valence-electron chi connectivity index (χ3n) is 2.28. The monoisotopic (exact) mass is 225 g/mol. The van der Waals surface area contributed by atoms with Crippen LogP contribution < -0.4 is 5.73 Å². The Morgan fingerprint density at radius 2 is 2.00 bits per heavy atom. The van der Waals surface area contributed by atoms with Gasteiger partial charge in [-0.15, -0.1) is 0 Å². The van der Waals surface area contributed by atoms with Crippen molar-refractivity contribution in [1.29, 1.82) is 0 Å². The first-order chi connectivity index (χ1) is 7.49. The third kappa shape index (κ3) is 3.98. The van der Waals surface area contributed by atoms with Crippen LogP contribution in [0.5, 0.6) is 0 Å². The van der Waals surface area contributed by atoms with E-state index in [0.29, 0.717) is 6.42 Å². The lowest BCUT2D eigenvalue weighted by molar-refractivity contribution is -0.138. The van der Waals surface area contributed by atoms with Gasteiger partial charge in [0.2, 0.25) is 0 Å². The first-order valence-corrected chi connectivity index (χ1v) is 5.19. The molecule has 0 aliphatic heterocycles. The molecule has 0 heterocycles. The Kier molecular flexibility index (Phi) is 4.43. The van der Waals surface area contributed by atoms with Gasteiger partial charge in [0.1, 0.15) is 12.2 Å². The minimum absolute atomic E-state index is 0.268. The van der Waals surface area contributed by atoms with Gasteiger partial charge in [-0.05, 0) is 24.5 Å². The summed E-state index contributed by atoms with van der Waals surface area (Å²) in [5, 5.41) is 8.67. The molecule has 0 radical (unpaired) electrons. The second-order valence-electron chi connectivity index (χ2n) is 3.95. The van der Waals surface area contributed by atoms with E-state index in [4.69, 9.17) is 10.8 Å². The number of halogens is 1. The van der Waals surface area contributed by atoms with Crippen LogP contribution in [0.4, 0.5) is 4.39 Å². The summed E-state index contributed by atoms with van der Waals surface area (Å²) in [6.45, 7) is 1.50. The zero-order chi connectivity index (χ0) is 12.1. The third-order valence-corrected chi connectivity index (χ3v) is 2.28. The van der Waals surface area contributed by atoms with Crippen LogP contribution in [0.1, 0.15) is 18.1 Å². The van der Waals surface area contributed by atoms with E-state index in [1.807, 2.05) is 6.07 Å². The van der Waals surface area contributed by atoms with Gasteiger partial charge in [-0.25, -0.2) is 4.39 Å². The lowest BCUT2D eigenvalue weighted by Gasteiger charge is -2.08. The van der Waals surface area contributed by atoms with E-state index in [-0.39, 0.29) is 6.42 Å². The largest absolute Gasteiger partial charge is 0.480 e. The molecule has 0 saturated heterocycles. The van der Waals surface area contributed by atoms with Gasteiger partial charge < -0.3 is 10.8 Å². The summed E-state index contributed by atoms with van der Waals surface area (Å²) >= 11 is 0. The second kappa shape index (κ2) is 5.61. The zero-order valence-electron chi connectivity index (χ0n) is 9.19. The zero-order valence-corrected chi connectivity index (χ0v) is 9.19. The van der Waals surface area contributed by atoms with E-state index in [1.165, 1.54) is 6.92 Å². The lowest BCUT2D eigenvalue weighted by Crippen LogP contribution is -2.32. The molecule has 0 aliphatic rings. The minimum atomic E-state index is -1.02. The predicted octanol–water partition coefficient (Wildman–Crippen LogP) is 1.54. The van der Waals surface area contributed by atoms with Crippen molar-refractivity contribution in [3.8, 4) is 0 Å². The standard InChI is InChI=1S/C12H16FNO2/c1-8(13)5-9-3-2-4-10(6-9)7-11(14)12(15)16/h2-4,6,8,11H,5,7,14H2,1H3,(H,15,16). The Labute approximate surface area is 94.1 Å². The number of alkyl halides is 1. The van der Waals surface area contributed by atoms with Crippen LogP contribution in [0, 0.1) is 0 Å². The predicted molar refractivity (Wildman–Crippen MR) is 60.0 cm³/mol. The molecule has 0 amide bonds. The molecule has 1 aromatic carbocycles. The van der Waals surface area contributed by atoms with Gasteiger partial charge in [0, 0.05) is 6.42 Å². The average molecular weight is 225 g/mol. The molecule has 4 heteroatoms. The molecule has 1 aromatic rings. The van der Waals surface area contributed by atoms with Crippen molar-refractivity contribution in [1.82, 2.24) is 0 Å². The van der Waals surface area contributed by atoms with Crippen molar-refractivity contribution in [2.45, 2.75) is 32.0 Å². The minimum Gasteiger partial charge on any atom is -0.480 e. The van der Waals surface area contributed by atoms with Gasteiger partial charge in [0.25, 0.3) is 0 Å². The number of benzene rings is 1. The van der Waals surface area contributed by atoms with Crippen LogP contribution in [-0.4, -0.2) is 23.3 Å². The van der Waals surface area contributed by atoms with Crippen LogP contribution in [0.25, 0.3) is 0 Å². The smallest absolute Gasteiger partial charge is 0.320 e. The molecule has 2 unspecified atom stereocenters. The van der Waals surface area contributed by atoms with Gasteiger partial charge in [-0.1, -0.05) is 24.3 Å². The Morgan fingerprint density at radius 1 is 1.44 bits per heavy atom. The van der Waals surface area contributed by atoms with Gasteiger partial charge in [0.15, 0.2) is 0 Å².